The minimum absolute atomic E-state index is 0.0889. The summed E-state index contributed by atoms with van der Waals surface area (Å²) in [6, 6.07) is 10.5. The molecule has 0 radical (unpaired) electrons. The fourth-order valence-electron chi connectivity index (χ4n) is 2.42. The number of rotatable bonds is 7. The first-order valence-corrected chi connectivity index (χ1v) is 9.88. The number of carbonyl (C=O) groups is 1. The second kappa shape index (κ2) is 8.62. The number of amides is 1. The predicted molar refractivity (Wildman–Crippen MR) is 100 cm³/mol. The van der Waals surface area contributed by atoms with Gasteiger partial charge >= 0.3 is 0 Å². The molecule has 0 heterocycles. The summed E-state index contributed by atoms with van der Waals surface area (Å²) in [5, 5.41) is 2.78. The van der Waals surface area contributed by atoms with Crippen molar-refractivity contribution in [3.05, 3.63) is 58.9 Å². The van der Waals surface area contributed by atoms with Gasteiger partial charge in [-0.3, -0.25) is 4.79 Å². The summed E-state index contributed by atoms with van der Waals surface area (Å²) < 4.78 is 40.6. The van der Waals surface area contributed by atoms with Gasteiger partial charge in [0.05, 0.1) is 6.54 Å². The van der Waals surface area contributed by atoms with E-state index >= 15 is 0 Å². The molecular weight excluding hydrogens is 379 g/mol. The topological polar surface area (TPSA) is 66.5 Å². The fraction of sp³-hybridized carbons (Fsp3) is 0.278. The molecule has 0 aliphatic heterocycles. The van der Waals surface area contributed by atoms with E-state index in [1.54, 1.807) is 19.1 Å². The number of carbonyl (C=O) groups excluding carboxylic acids is 1. The molecule has 0 atom stereocenters. The Hall–Kier alpha value is -1.96. The minimum atomic E-state index is -4.17. The van der Waals surface area contributed by atoms with Crippen molar-refractivity contribution in [3.63, 3.8) is 0 Å². The van der Waals surface area contributed by atoms with Crippen molar-refractivity contribution in [1.29, 1.82) is 0 Å². The molecule has 0 aliphatic carbocycles. The van der Waals surface area contributed by atoms with E-state index in [0.29, 0.717) is 12.1 Å². The maximum atomic E-state index is 14.1. The van der Waals surface area contributed by atoms with Crippen LogP contribution in [0, 0.1) is 12.7 Å². The maximum Gasteiger partial charge on any atom is 0.246 e. The van der Waals surface area contributed by atoms with Crippen molar-refractivity contribution < 1.29 is 17.6 Å². The Labute approximate surface area is 157 Å². The van der Waals surface area contributed by atoms with Crippen molar-refractivity contribution in [2.45, 2.75) is 25.2 Å². The van der Waals surface area contributed by atoms with Crippen molar-refractivity contribution in [1.82, 2.24) is 4.31 Å². The lowest BCUT2D eigenvalue weighted by atomic mass is 10.2. The average molecular weight is 399 g/mol. The van der Waals surface area contributed by atoms with E-state index < -0.39 is 33.2 Å². The van der Waals surface area contributed by atoms with Crippen LogP contribution >= 0.6 is 11.6 Å². The Bertz CT molecular complexity index is 903. The Balaban J connectivity index is 2.24. The zero-order valence-corrected chi connectivity index (χ0v) is 16.1. The monoisotopic (exact) mass is 398 g/mol. The third-order valence-electron chi connectivity index (χ3n) is 3.72. The molecular formula is C18H20ClFN2O3S. The van der Waals surface area contributed by atoms with Gasteiger partial charge in [-0.15, -0.1) is 0 Å². The van der Waals surface area contributed by atoms with Crippen LogP contribution in [0.25, 0.3) is 0 Å². The summed E-state index contributed by atoms with van der Waals surface area (Å²) in [6.07, 6.45) is 0.478. The van der Waals surface area contributed by atoms with E-state index in [0.717, 1.165) is 22.0 Å². The normalized spacial score (nSPS) is 11.6. The van der Waals surface area contributed by atoms with Crippen LogP contribution in [0.3, 0.4) is 0 Å². The summed E-state index contributed by atoms with van der Waals surface area (Å²) in [7, 11) is -4.17. The van der Waals surface area contributed by atoms with Gasteiger partial charge in [0.25, 0.3) is 0 Å². The van der Waals surface area contributed by atoms with Crippen LogP contribution in [0.2, 0.25) is 5.02 Å². The van der Waals surface area contributed by atoms with E-state index in [1.165, 1.54) is 6.07 Å². The van der Waals surface area contributed by atoms with Gasteiger partial charge < -0.3 is 5.32 Å². The van der Waals surface area contributed by atoms with E-state index in [9.17, 15) is 17.6 Å². The first kappa shape index (κ1) is 20.4. The number of halogens is 2. The van der Waals surface area contributed by atoms with Gasteiger partial charge in [0.2, 0.25) is 15.9 Å². The van der Waals surface area contributed by atoms with Gasteiger partial charge in [0.15, 0.2) is 0 Å². The largest absolute Gasteiger partial charge is 0.325 e. The third-order valence-corrected chi connectivity index (χ3v) is 5.84. The highest BCUT2D eigenvalue weighted by molar-refractivity contribution is 7.89. The molecule has 1 N–H and O–H groups in total. The van der Waals surface area contributed by atoms with Gasteiger partial charge in [0.1, 0.15) is 10.7 Å². The van der Waals surface area contributed by atoms with Crippen molar-refractivity contribution >= 4 is 33.2 Å². The minimum Gasteiger partial charge on any atom is -0.325 e. The van der Waals surface area contributed by atoms with E-state index in [4.69, 9.17) is 11.6 Å². The lowest BCUT2D eigenvalue weighted by molar-refractivity contribution is -0.116. The molecule has 5 nitrogen and oxygen atoms in total. The van der Waals surface area contributed by atoms with Crippen LogP contribution in [-0.4, -0.2) is 31.7 Å². The third kappa shape index (κ3) is 4.81. The highest BCUT2D eigenvalue weighted by Crippen LogP contribution is 2.23. The molecule has 8 heteroatoms. The fourth-order valence-corrected chi connectivity index (χ4v) is 4.11. The van der Waals surface area contributed by atoms with Crippen molar-refractivity contribution in [2.75, 3.05) is 18.4 Å². The van der Waals surface area contributed by atoms with Crippen molar-refractivity contribution in [3.8, 4) is 0 Å². The van der Waals surface area contributed by atoms with Crippen LogP contribution in [-0.2, 0) is 14.8 Å². The number of anilines is 1. The Morgan fingerprint density at radius 1 is 1.23 bits per heavy atom. The number of hydrogen-bond donors (Lipinski definition) is 1. The van der Waals surface area contributed by atoms with Gasteiger partial charge in [-0.1, -0.05) is 36.7 Å². The molecule has 0 aliphatic rings. The zero-order chi connectivity index (χ0) is 19.3. The lowest BCUT2D eigenvalue weighted by Gasteiger charge is -2.21. The molecule has 0 unspecified atom stereocenters. The van der Waals surface area contributed by atoms with E-state index in [2.05, 4.69) is 5.32 Å². The summed E-state index contributed by atoms with van der Waals surface area (Å²) in [5.74, 6) is -1.44. The summed E-state index contributed by atoms with van der Waals surface area (Å²) in [5.41, 5.74) is 1.46. The molecule has 2 aromatic carbocycles. The summed E-state index contributed by atoms with van der Waals surface area (Å²) >= 11 is 5.68. The number of nitrogens with zero attached hydrogens (tertiary/aromatic N) is 1. The van der Waals surface area contributed by atoms with Crippen LogP contribution in [0.5, 0.6) is 0 Å². The SMILES string of the molecule is CCCN(CC(=O)Nc1ccccc1C)S(=O)(=O)c1ccc(Cl)cc1F. The summed E-state index contributed by atoms with van der Waals surface area (Å²) in [4.78, 5) is 11.8. The molecule has 2 aromatic rings. The van der Waals surface area contributed by atoms with Crippen LogP contribution < -0.4 is 5.32 Å². The quantitative estimate of drug-likeness (QED) is 0.770. The van der Waals surface area contributed by atoms with Gasteiger partial charge in [-0.05, 0) is 43.2 Å². The Kier molecular flexibility index (Phi) is 6.75. The zero-order valence-electron chi connectivity index (χ0n) is 14.5. The number of nitrogens with one attached hydrogen (secondary N) is 1. The molecule has 0 fully saturated rings. The number of para-hydroxylation sites is 1. The number of sulfonamides is 1. The van der Waals surface area contributed by atoms with Crippen LogP contribution in [0.15, 0.2) is 47.4 Å². The van der Waals surface area contributed by atoms with Gasteiger partial charge in [-0.2, -0.15) is 4.31 Å². The average Bonchev–Trinajstić information content (AvgIpc) is 2.56. The summed E-state index contributed by atoms with van der Waals surface area (Å²) in [6.45, 7) is 3.29. The maximum absolute atomic E-state index is 14.1. The molecule has 0 bridgehead atoms. The van der Waals surface area contributed by atoms with Gasteiger partial charge in [0, 0.05) is 17.3 Å². The molecule has 0 aromatic heterocycles. The highest BCUT2D eigenvalue weighted by Gasteiger charge is 2.28. The Morgan fingerprint density at radius 3 is 2.54 bits per heavy atom. The molecule has 2 rings (SSSR count). The molecule has 0 saturated heterocycles. The first-order valence-electron chi connectivity index (χ1n) is 8.06. The number of benzene rings is 2. The predicted octanol–water partition coefficient (Wildman–Crippen LogP) is 3.83. The molecule has 26 heavy (non-hydrogen) atoms. The first-order chi connectivity index (χ1) is 12.3. The van der Waals surface area contributed by atoms with E-state index in [-0.39, 0.29) is 11.6 Å². The molecule has 0 saturated carbocycles. The number of hydrogen-bond acceptors (Lipinski definition) is 3. The second-order valence-corrected chi connectivity index (χ2v) is 8.12. The standard InChI is InChI=1S/C18H20ClFN2O3S/c1-3-10-22(12-18(23)21-16-7-5-4-6-13(16)2)26(24,25)17-9-8-14(19)11-15(17)20/h4-9,11H,3,10,12H2,1-2H3,(H,21,23). The number of aryl methyl sites for hydroxylation is 1. The second-order valence-electron chi connectivity index (χ2n) is 5.78. The van der Waals surface area contributed by atoms with Crippen LogP contribution in [0.1, 0.15) is 18.9 Å². The van der Waals surface area contributed by atoms with E-state index in [1.807, 2.05) is 19.1 Å². The smallest absolute Gasteiger partial charge is 0.246 e. The highest BCUT2D eigenvalue weighted by atomic mass is 35.5. The Morgan fingerprint density at radius 2 is 1.92 bits per heavy atom. The van der Waals surface area contributed by atoms with Gasteiger partial charge in [-0.25, -0.2) is 12.8 Å². The lowest BCUT2D eigenvalue weighted by Crippen LogP contribution is -2.38. The molecule has 1 amide bonds. The van der Waals surface area contributed by atoms with Crippen molar-refractivity contribution in [2.24, 2.45) is 0 Å². The van der Waals surface area contributed by atoms with Crippen LogP contribution in [0.4, 0.5) is 10.1 Å². The molecule has 0 spiro atoms. The molecule has 140 valence electrons.